The fourth-order valence-corrected chi connectivity index (χ4v) is 2.54. The van der Waals surface area contributed by atoms with Crippen molar-refractivity contribution in [2.45, 2.75) is 32.1 Å². The van der Waals surface area contributed by atoms with Crippen molar-refractivity contribution in [3.63, 3.8) is 0 Å². The summed E-state index contributed by atoms with van der Waals surface area (Å²) < 4.78 is 0. The molecule has 1 nitrogen and oxygen atoms in total. The maximum absolute atomic E-state index is 4.26. The van der Waals surface area contributed by atoms with Gasteiger partial charge in [-0.25, -0.2) is 0 Å². The van der Waals surface area contributed by atoms with Crippen LogP contribution in [0.2, 0.25) is 0 Å². The minimum atomic E-state index is 0.968. The Kier molecular flexibility index (Phi) is 4.16. The van der Waals surface area contributed by atoms with E-state index in [1.165, 1.54) is 31.4 Å². The van der Waals surface area contributed by atoms with Gasteiger partial charge < -0.3 is 4.90 Å². The Balaban J connectivity index is 2.10. The lowest BCUT2D eigenvalue weighted by Gasteiger charge is -2.22. The van der Waals surface area contributed by atoms with E-state index in [1.54, 1.807) is 11.1 Å². The standard InChI is InChI=1S/C14H21NS/c1-15(9-4-10-16)14-8-7-12-5-2-3-6-13(12)11-14/h7-8,11,16H,2-6,9-10H2,1H3. The summed E-state index contributed by atoms with van der Waals surface area (Å²) in [4.78, 5) is 2.34. The van der Waals surface area contributed by atoms with Crippen LogP contribution in [0.1, 0.15) is 30.4 Å². The molecule has 1 aliphatic rings. The molecule has 0 fully saturated rings. The number of fused-ring (bicyclic) bond motifs is 1. The van der Waals surface area contributed by atoms with Gasteiger partial charge in [0.15, 0.2) is 0 Å². The average Bonchev–Trinajstić information content (AvgIpc) is 2.35. The number of hydrogen-bond acceptors (Lipinski definition) is 2. The molecule has 1 aliphatic carbocycles. The summed E-state index contributed by atoms with van der Waals surface area (Å²) in [5.74, 6) is 0.968. The molecule has 16 heavy (non-hydrogen) atoms. The normalized spacial score (nSPS) is 14.6. The first-order valence-electron chi connectivity index (χ1n) is 6.25. The van der Waals surface area contributed by atoms with Crippen molar-refractivity contribution in [1.29, 1.82) is 0 Å². The molecule has 1 aromatic carbocycles. The van der Waals surface area contributed by atoms with Gasteiger partial charge in [0.2, 0.25) is 0 Å². The largest absolute Gasteiger partial charge is 0.375 e. The van der Waals surface area contributed by atoms with Gasteiger partial charge in [-0.05, 0) is 61.1 Å². The quantitative estimate of drug-likeness (QED) is 0.784. The van der Waals surface area contributed by atoms with Crippen LogP contribution in [-0.4, -0.2) is 19.3 Å². The highest BCUT2D eigenvalue weighted by atomic mass is 32.1. The molecule has 0 N–H and O–H groups in total. The van der Waals surface area contributed by atoms with E-state index in [0.29, 0.717) is 0 Å². The van der Waals surface area contributed by atoms with Crippen LogP contribution in [0.25, 0.3) is 0 Å². The molecule has 0 heterocycles. The second kappa shape index (κ2) is 5.62. The van der Waals surface area contributed by atoms with Crippen LogP contribution < -0.4 is 4.90 Å². The summed E-state index contributed by atoms with van der Waals surface area (Å²) in [6.07, 6.45) is 6.41. The zero-order chi connectivity index (χ0) is 11.4. The molecule has 2 rings (SSSR count). The number of nitrogens with zero attached hydrogens (tertiary/aromatic N) is 1. The average molecular weight is 235 g/mol. The third kappa shape index (κ3) is 2.73. The summed E-state index contributed by atoms with van der Waals surface area (Å²) in [6.45, 7) is 1.10. The molecule has 0 unspecified atom stereocenters. The summed E-state index contributed by atoms with van der Waals surface area (Å²) in [5.41, 5.74) is 4.50. The van der Waals surface area contributed by atoms with E-state index in [1.807, 2.05) is 0 Å². The Morgan fingerprint density at radius 3 is 2.69 bits per heavy atom. The molecule has 0 aromatic heterocycles. The Morgan fingerprint density at radius 2 is 1.94 bits per heavy atom. The fraction of sp³-hybridized carbons (Fsp3) is 0.571. The van der Waals surface area contributed by atoms with Gasteiger partial charge in [0.05, 0.1) is 0 Å². The van der Waals surface area contributed by atoms with Crippen molar-refractivity contribution in [2.24, 2.45) is 0 Å². The molecule has 0 radical (unpaired) electrons. The van der Waals surface area contributed by atoms with E-state index in [-0.39, 0.29) is 0 Å². The molecule has 0 atom stereocenters. The molecule has 0 saturated carbocycles. The predicted octanol–water partition coefficient (Wildman–Crippen LogP) is 3.32. The Morgan fingerprint density at radius 1 is 1.19 bits per heavy atom. The lowest BCUT2D eigenvalue weighted by atomic mass is 9.91. The molecule has 0 saturated heterocycles. The SMILES string of the molecule is CN(CCCS)c1ccc2c(c1)CCCC2. The van der Waals surface area contributed by atoms with Gasteiger partial charge in [-0.15, -0.1) is 0 Å². The first-order chi connectivity index (χ1) is 7.81. The van der Waals surface area contributed by atoms with Crippen LogP contribution >= 0.6 is 12.6 Å². The first kappa shape index (κ1) is 11.8. The molecule has 2 heteroatoms. The highest BCUT2D eigenvalue weighted by molar-refractivity contribution is 7.80. The molecule has 0 aliphatic heterocycles. The maximum Gasteiger partial charge on any atom is 0.0366 e. The van der Waals surface area contributed by atoms with Gasteiger partial charge in [0, 0.05) is 19.3 Å². The van der Waals surface area contributed by atoms with Crippen LogP contribution in [0.5, 0.6) is 0 Å². The van der Waals surface area contributed by atoms with Crippen molar-refractivity contribution >= 4 is 18.3 Å². The maximum atomic E-state index is 4.26. The minimum Gasteiger partial charge on any atom is -0.375 e. The van der Waals surface area contributed by atoms with Gasteiger partial charge >= 0.3 is 0 Å². The third-order valence-corrected chi connectivity index (χ3v) is 3.74. The number of thiol groups is 1. The molecule has 1 aromatic rings. The molecule has 88 valence electrons. The molecular weight excluding hydrogens is 214 g/mol. The van der Waals surface area contributed by atoms with E-state index < -0.39 is 0 Å². The Labute approximate surface area is 104 Å². The van der Waals surface area contributed by atoms with Gasteiger partial charge in [-0.3, -0.25) is 0 Å². The zero-order valence-electron chi connectivity index (χ0n) is 10.1. The first-order valence-corrected chi connectivity index (χ1v) is 6.88. The second-order valence-electron chi connectivity index (χ2n) is 4.66. The summed E-state index contributed by atoms with van der Waals surface area (Å²) >= 11 is 4.26. The van der Waals surface area contributed by atoms with Crippen molar-refractivity contribution in [3.8, 4) is 0 Å². The Bertz CT molecular complexity index is 349. The van der Waals surface area contributed by atoms with E-state index in [0.717, 1.165) is 18.7 Å². The highest BCUT2D eigenvalue weighted by Crippen LogP contribution is 2.25. The van der Waals surface area contributed by atoms with Crippen LogP contribution in [0.4, 0.5) is 5.69 Å². The van der Waals surface area contributed by atoms with Crippen molar-refractivity contribution in [2.75, 3.05) is 24.2 Å². The van der Waals surface area contributed by atoms with Crippen LogP contribution in [0.3, 0.4) is 0 Å². The van der Waals surface area contributed by atoms with Crippen LogP contribution in [-0.2, 0) is 12.8 Å². The van der Waals surface area contributed by atoms with Gasteiger partial charge in [-0.1, -0.05) is 6.07 Å². The number of rotatable bonds is 4. The van der Waals surface area contributed by atoms with Crippen molar-refractivity contribution in [1.82, 2.24) is 0 Å². The van der Waals surface area contributed by atoms with E-state index in [9.17, 15) is 0 Å². The lowest BCUT2D eigenvalue weighted by molar-refractivity contribution is 0.685. The van der Waals surface area contributed by atoms with Gasteiger partial charge in [-0.2, -0.15) is 12.6 Å². The zero-order valence-corrected chi connectivity index (χ0v) is 11.0. The monoisotopic (exact) mass is 235 g/mol. The van der Waals surface area contributed by atoms with Crippen LogP contribution in [0, 0.1) is 0 Å². The molecule has 0 spiro atoms. The molecular formula is C14H21NS. The van der Waals surface area contributed by atoms with Crippen molar-refractivity contribution in [3.05, 3.63) is 29.3 Å². The summed E-state index contributed by atoms with van der Waals surface area (Å²) in [7, 11) is 2.17. The number of anilines is 1. The predicted molar refractivity (Wildman–Crippen MR) is 74.8 cm³/mol. The van der Waals surface area contributed by atoms with Crippen molar-refractivity contribution < 1.29 is 0 Å². The Hall–Kier alpha value is -0.630. The lowest BCUT2D eigenvalue weighted by Crippen LogP contribution is -2.19. The highest BCUT2D eigenvalue weighted by Gasteiger charge is 2.10. The number of benzene rings is 1. The second-order valence-corrected chi connectivity index (χ2v) is 5.11. The van der Waals surface area contributed by atoms with E-state index in [4.69, 9.17) is 0 Å². The van der Waals surface area contributed by atoms with Gasteiger partial charge in [0.1, 0.15) is 0 Å². The summed E-state index contributed by atoms with van der Waals surface area (Å²) in [6, 6.07) is 6.97. The van der Waals surface area contributed by atoms with E-state index >= 15 is 0 Å². The van der Waals surface area contributed by atoms with Crippen LogP contribution in [0.15, 0.2) is 18.2 Å². The molecule has 0 amide bonds. The number of hydrogen-bond donors (Lipinski definition) is 1. The molecule has 0 bridgehead atoms. The smallest absolute Gasteiger partial charge is 0.0366 e. The topological polar surface area (TPSA) is 3.24 Å². The third-order valence-electron chi connectivity index (χ3n) is 3.42. The van der Waals surface area contributed by atoms with E-state index in [2.05, 4.69) is 42.8 Å². The minimum absolute atomic E-state index is 0.968. The van der Waals surface area contributed by atoms with Gasteiger partial charge in [0.25, 0.3) is 0 Å². The number of aryl methyl sites for hydroxylation is 2. The fourth-order valence-electron chi connectivity index (χ4n) is 2.39. The summed E-state index contributed by atoms with van der Waals surface area (Å²) in [5, 5.41) is 0.